The van der Waals surface area contributed by atoms with Crippen molar-refractivity contribution in [2.45, 2.75) is 51.0 Å². The molecule has 1 aromatic carbocycles. The molecule has 2 N–H and O–H groups in total. The zero-order chi connectivity index (χ0) is 18.2. The van der Waals surface area contributed by atoms with Crippen molar-refractivity contribution >= 4 is 27.5 Å². The van der Waals surface area contributed by atoms with E-state index in [9.17, 15) is 13.2 Å². The summed E-state index contributed by atoms with van der Waals surface area (Å²) in [6, 6.07) is 3.93. The summed E-state index contributed by atoms with van der Waals surface area (Å²) in [5.74, 6) is 0.0317. The third-order valence-electron chi connectivity index (χ3n) is 3.07. The summed E-state index contributed by atoms with van der Waals surface area (Å²) in [5, 5.41) is 2.89. The molecule has 0 aromatic heterocycles. The molecule has 0 spiro atoms. The second-order valence-corrected chi connectivity index (χ2v) is 7.84. The maximum atomic E-state index is 12.1. The number of halogens is 1. The molecule has 0 aliphatic rings. The lowest BCUT2D eigenvalue weighted by Crippen LogP contribution is -2.30. The van der Waals surface area contributed by atoms with Crippen molar-refractivity contribution in [2.75, 3.05) is 13.2 Å². The molecule has 0 fully saturated rings. The van der Waals surface area contributed by atoms with Gasteiger partial charge in [0.05, 0.1) is 9.92 Å². The molecule has 8 heteroatoms. The number of benzene rings is 1. The quantitative estimate of drug-likeness (QED) is 0.615. The van der Waals surface area contributed by atoms with Gasteiger partial charge in [0.1, 0.15) is 5.75 Å². The summed E-state index contributed by atoms with van der Waals surface area (Å²) < 4.78 is 32.0. The Balaban J connectivity index is 2.61. The van der Waals surface area contributed by atoms with Crippen LogP contribution < -0.4 is 14.8 Å². The molecular weight excluding hydrogens is 352 g/mol. The van der Waals surface area contributed by atoms with Gasteiger partial charge < -0.3 is 10.1 Å². The van der Waals surface area contributed by atoms with E-state index in [0.717, 1.165) is 19.3 Å². The molecule has 136 valence electrons. The molecule has 0 saturated heterocycles. The molecule has 0 bridgehead atoms. The molecule has 0 saturated carbocycles. The first-order chi connectivity index (χ1) is 11.3. The van der Waals surface area contributed by atoms with Crippen LogP contribution in [0.4, 0.5) is 0 Å². The van der Waals surface area contributed by atoms with Gasteiger partial charge in [0.2, 0.25) is 10.0 Å². The average molecular weight is 377 g/mol. The van der Waals surface area contributed by atoms with Crippen molar-refractivity contribution in [1.29, 1.82) is 0 Å². The van der Waals surface area contributed by atoms with Crippen LogP contribution in [0.5, 0.6) is 5.75 Å². The largest absolute Gasteiger partial charge is 0.482 e. The second kappa shape index (κ2) is 9.86. The van der Waals surface area contributed by atoms with E-state index in [1.165, 1.54) is 18.2 Å². The van der Waals surface area contributed by atoms with Gasteiger partial charge in [-0.15, -0.1) is 0 Å². The lowest BCUT2D eigenvalue weighted by atomic mass is 10.2. The Labute approximate surface area is 149 Å². The second-order valence-electron chi connectivity index (χ2n) is 5.71. The smallest absolute Gasteiger partial charge is 0.257 e. The minimum absolute atomic E-state index is 0.0533. The topological polar surface area (TPSA) is 84.5 Å². The number of hydrogen-bond donors (Lipinski definition) is 2. The van der Waals surface area contributed by atoms with E-state index in [-0.39, 0.29) is 34.2 Å². The highest BCUT2D eigenvalue weighted by Gasteiger charge is 2.17. The molecule has 0 heterocycles. The number of amides is 1. The molecule has 1 aromatic rings. The van der Waals surface area contributed by atoms with Crippen LogP contribution >= 0.6 is 11.6 Å². The molecule has 24 heavy (non-hydrogen) atoms. The summed E-state index contributed by atoms with van der Waals surface area (Å²) in [5.41, 5.74) is 0. The van der Waals surface area contributed by atoms with Gasteiger partial charge in [-0.25, -0.2) is 13.1 Å². The number of sulfonamides is 1. The molecular formula is C16H25ClN2O4S. The van der Waals surface area contributed by atoms with E-state index in [0.29, 0.717) is 6.54 Å². The number of nitrogens with one attached hydrogen (secondary N) is 2. The lowest BCUT2D eigenvalue weighted by Gasteiger charge is -2.12. The predicted molar refractivity (Wildman–Crippen MR) is 94.9 cm³/mol. The van der Waals surface area contributed by atoms with Crippen LogP contribution in [0.2, 0.25) is 5.02 Å². The SMILES string of the molecule is CCCCCNC(=O)COc1ccc(S(=O)(=O)NC(C)C)cc1Cl. The molecule has 0 aliphatic carbocycles. The molecule has 0 radical (unpaired) electrons. The summed E-state index contributed by atoms with van der Waals surface area (Å²) in [6.07, 6.45) is 3.08. The van der Waals surface area contributed by atoms with E-state index in [1.54, 1.807) is 13.8 Å². The molecule has 0 atom stereocenters. The van der Waals surface area contributed by atoms with Crippen LogP contribution in [-0.4, -0.2) is 33.5 Å². The highest BCUT2D eigenvalue weighted by molar-refractivity contribution is 7.89. The normalized spacial score (nSPS) is 11.5. The lowest BCUT2D eigenvalue weighted by molar-refractivity contribution is -0.123. The summed E-state index contributed by atoms with van der Waals surface area (Å²) in [7, 11) is -3.62. The maximum absolute atomic E-state index is 12.1. The Morgan fingerprint density at radius 1 is 1.29 bits per heavy atom. The minimum atomic E-state index is -3.62. The monoisotopic (exact) mass is 376 g/mol. The highest BCUT2D eigenvalue weighted by Crippen LogP contribution is 2.27. The minimum Gasteiger partial charge on any atom is -0.482 e. The number of unbranched alkanes of at least 4 members (excludes halogenated alkanes) is 2. The van der Waals surface area contributed by atoms with Crippen molar-refractivity contribution < 1.29 is 17.9 Å². The number of carbonyl (C=O) groups excluding carboxylic acids is 1. The van der Waals surface area contributed by atoms with E-state index < -0.39 is 10.0 Å². The van der Waals surface area contributed by atoms with Crippen LogP contribution in [0.15, 0.2) is 23.1 Å². The van der Waals surface area contributed by atoms with Gasteiger partial charge in [0.25, 0.3) is 5.91 Å². The third kappa shape index (κ3) is 7.07. The molecule has 6 nitrogen and oxygen atoms in total. The predicted octanol–water partition coefficient (Wildman–Crippen LogP) is 2.71. The van der Waals surface area contributed by atoms with E-state index >= 15 is 0 Å². The maximum Gasteiger partial charge on any atom is 0.257 e. The van der Waals surface area contributed by atoms with Gasteiger partial charge in [-0.2, -0.15) is 0 Å². The first-order valence-corrected chi connectivity index (χ1v) is 9.83. The van der Waals surface area contributed by atoms with Crippen molar-refractivity contribution in [3.63, 3.8) is 0 Å². The summed E-state index contributed by atoms with van der Waals surface area (Å²) >= 11 is 6.05. The van der Waals surface area contributed by atoms with Crippen molar-refractivity contribution in [3.8, 4) is 5.75 Å². The first-order valence-electron chi connectivity index (χ1n) is 7.97. The zero-order valence-electron chi connectivity index (χ0n) is 14.3. The Kier molecular flexibility index (Phi) is 8.52. The highest BCUT2D eigenvalue weighted by atomic mass is 35.5. The van der Waals surface area contributed by atoms with Crippen LogP contribution in [0.25, 0.3) is 0 Å². The van der Waals surface area contributed by atoms with Crippen LogP contribution in [0.1, 0.15) is 40.0 Å². The molecule has 0 unspecified atom stereocenters. The number of rotatable bonds is 10. The Hall–Kier alpha value is -1.31. The first kappa shape index (κ1) is 20.7. The molecule has 1 amide bonds. The van der Waals surface area contributed by atoms with E-state index in [1.807, 2.05) is 0 Å². The summed E-state index contributed by atoms with van der Waals surface area (Å²) in [4.78, 5) is 11.7. The van der Waals surface area contributed by atoms with Gasteiger partial charge in [0, 0.05) is 12.6 Å². The van der Waals surface area contributed by atoms with Crippen molar-refractivity contribution in [2.24, 2.45) is 0 Å². The van der Waals surface area contributed by atoms with Gasteiger partial charge in [-0.3, -0.25) is 4.79 Å². The van der Waals surface area contributed by atoms with Crippen LogP contribution in [0, 0.1) is 0 Å². The van der Waals surface area contributed by atoms with Crippen molar-refractivity contribution in [3.05, 3.63) is 23.2 Å². The Morgan fingerprint density at radius 3 is 2.58 bits per heavy atom. The number of hydrogen-bond acceptors (Lipinski definition) is 4. The molecule has 0 aliphatic heterocycles. The standard InChI is InChI=1S/C16H25ClN2O4S/c1-4-5-6-9-18-16(20)11-23-15-8-7-13(10-14(15)17)24(21,22)19-12(2)3/h7-8,10,12,19H,4-6,9,11H2,1-3H3,(H,18,20). The number of carbonyl (C=O) groups is 1. The third-order valence-corrected chi connectivity index (χ3v) is 5.02. The van der Waals surface area contributed by atoms with Crippen LogP contribution in [0.3, 0.4) is 0 Å². The molecule has 1 rings (SSSR count). The van der Waals surface area contributed by atoms with Crippen molar-refractivity contribution in [1.82, 2.24) is 10.0 Å². The average Bonchev–Trinajstić information content (AvgIpc) is 2.49. The fourth-order valence-corrected chi connectivity index (χ4v) is 3.52. The van der Waals surface area contributed by atoms with Crippen LogP contribution in [-0.2, 0) is 14.8 Å². The van der Waals surface area contributed by atoms with Gasteiger partial charge >= 0.3 is 0 Å². The van der Waals surface area contributed by atoms with Gasteiger partial charge in [-0.05, 0) is 38.5 Å². The Morgan fingerprint density at radius 2 is 2.00 bits per heavy atom. The summed E-state index contributed by atoms with van der Waals surface area (Å²) in [6.45, 7) is 6.00. The Bertz CT molecular complexity index is 647. The fraction of sp³-hybridized carbons (Fsp3) is 0.562. The van der Waals surface area contributed by atoms with Gasteiger partial charge in [-0.1, -0.05) is 31.4 Å². The number of ether oxygens (including phenoxy) is 1. The van der Waals surface area contributed by atoms with E-state index in [4.69, 9.17) is 16.3 Å². The zero-order valence-corrected chi connectivity index (χ0v) is 15.8. The van der Waals surface area contributed by atoms with E-state index in [2.05, 4.69) is 17.0 Å². The fourth-order valence-electron chi connectivity index (χ4n) is 1.94. The van der Waals surface area contributed by atoms with Gasteiger partial charge in [0.15, 0.2) is 6.61 Å².